The van der Waals surface area contributed by atoms with Gasteiger partial charge < -0.3 is 16.0 Å². The SMILES string of the molecule is CC(C)[C@@H](NC(=O)NC1CCS(=O)(=O)C1)C(=O)Nc1ccc(Cl)c(Cl)c1. The predicted octanol–water partition coefficient (Wildman–Crippen LogP) is 2.44. The number of halogens is 2. The third-order valence-electron chi connectivity index (χ3n) is 3.99. The van der Waals surface area contributed by atoms with Gasteiger partial charge in [-0.05, 0) is 30.5 Å². The first-order valence-corrected chi connectivity index (χ1v) is 10.7. The molecule has 3 N–H and O–H groups in total. The van der Waals surface area contributed by atoms with Gasteiger partial charge >= 0.3 is 6.03 Å². The van der Waals surface area contributed by atoms with Crippen molar-refractivity contribution in [1.29, 1.82) is 0 Å². The van der Waals surface area contributed by atoms with Crippen LogP contribution in [0, 0.1) is 5.92 Å². The zero-order valence-electron chi connectivity index (χ0n) is 14.4. The van der Waals surface area contributed by atoms with Crippen molar-refractivity contribution in [3.8, 4) is 0 Å². The smallest absolute Gasteiger partial charge is 0.315 e. The zero-order chi connectivity index (χ0) is 19.5. The molecule has 0 aromatic heterocycles. The Balaban J connectivity index is 1.97. The summed E-state index contributed by atoms with van der Waals surface area (Å²) in [4.78, 5) is 24.6. The summed E-state index contributed by atoms with van der Waals surface area (Å²) < 4.78 is 22.9. The van der Waals surface area contributed by atoms with Gasteiger partial charge in [-0.2, -0.15) is 0 Å². The lowest BCUT2D eigenvalue weighted by Gasteiger charge is -2.23. The second kappa shape index (κ2) is 8.45. The van der Waals surface area contributed by atoms with Crippen molar-refractivity contribution in [1.82, 2.24) is 10.6 Å². The van der Waals surface area contributed by atoms with Gasteiger partial charge in [0.15, 0.2) is 9.84 Å². The van der Waals surface area contributed by atoms with Crippen LogP contribution in [0.1, 0.15) is 20.3 Å². The zero-order valence-corrected chi connectivity index (χ0v) is 16.7. The maximum absolute atomic E-state index is 12.5. The molecule has 3 amide bonds. The number of sulfone groups is 1. The molecule has 1 fully saturated rings. The van der Waals surface area contributed by atoms with Crippen molar-refractivity contribution in [3.63, 3.8) is 0 Å². The first-order chi connectivity index (χ1) is 12.1. The molecule has 1 aliphatic heterocycles. The van der Waals surface area contributed by atoms with Crippen molar-refractivity contribution in [2.75, 3.05) is 16.8 Å². The third kappa shape index (κ3) is 5.75. The fourth-order valence-corrected chi connectivity index (χ4v) is 4.58. The molecule has 1 aliphatic rings. The third-order valence-corrected chi connectivity index (χ3v) is 6.50. The molecule has 1 heterocycles. The molecular weight excluding hydrogens is 401 g/mol. The van der Waals surface area contributed by atoms with Gasteiger partial charge in [-0.3, -0.25) is 4.79 Å². The van der Waals surface area contributed by atoms with Crippen LogP contribution in [0.3, 0.4) is 0 Å². The lowest BCUT2D eigenvalue weighted by Crippen LogP contribution is -2.52. The molecule has 0 spiro atoms. The average Bonchev–Trinajstić information content (AvgIpc) is 2.86. The van der Waals surface area contributed by atoms with Crippen molar-refractivity contribution in [3.05, 3.63) is 28.2 Å². The number of amides is 3. The summed E-state index contributed by atoms with van der Waals surface area (Å²) in [7, 11) is -3.10. The van der Waals surface area contributed by atoms with E-state index in [1.807, 2.05) is 0 Å². The molecule has 1 aromatic rings. The molecule has 1 aromatic carbocycles. The summed E-state index contributed by atoms with van der Waals surface area (Å²) in [5, 5.41) is 8.57. The van der Waals surface area contributed by atoms with E-state index in [-0.39, 0.29) is 17.4 Å². The molecule has 0 bridgehead atoms. The van der Waals surface area contributed by atoms with Gasteiger partial charge in [0.25, 0.3) is 0 Å². The lowest BCUT2D eigenvalue weighted by molar-refractivity contribution is -0.118. The van der Waals surface area contributed by atoms with Crippen LogP contribution in [0.4, 0.5) is 10.5 Å². The molecule has 144 valence electrons. The highest BCUT2D eigenvalue weighted by Gasteiger charge is 2.30. The van der Waals surface area contributed by atoms with Gasteiger partial charge in [0, 0.05) is 11.7 Å². The van der Waals surface area contributed by atoms with Gasteiger partial charge in [-0.15, -0.1) is 0 Å². The highest BCUT2D eigenvalue weighted by atomic mass is 35.5. The standard InChI is InChI=1S/C16H21Cl2N3O4S/c1-9(2)14(15(22)19-10-3-4-12(17)13(18)7-10)21-16(23)20-11-5-6-26(24,25)8-11/h3-4,7,9,11,14H,5-6,8H2,1-2H3,(H,19,22)(H2,20,21,23)/t11?,14-/m1/s1. The Morgan fingerprint density at radius 3 is 2.42 bits per heavy atom. The largest absolute Gasteiger partial charge is 0.334 e. The van der Waals surface area contributed by atoms with E-state index in [9.17, 15) is 18.0 Å². The van der Waals surface area contributed by atoms with Crippen LogP contribution in [0.25, 0.3) is 0 Å². The lowest BCUT2D eigenvalue weighted by atomic mass is 10.0. The molecule has 2 atom stereocenters. The number of benzene rings is 1. The number of carbonyl (C=O) groups excluding carboxylic acids is 2. The first kappa shape index (κ1) is 20.8. The fraction of sp³-hybridized carbons (Fsp3) is 0.500. The van der Waals surface area contributed by atoms with E-state index in [4.69, 9.17) is 23.2 Å². The topological polar surface area (TPSA) is 104 Å². The quantitative estimate of drug-likeness (QED) is 0.678. The normalized spacial score (nSPS) is 19.8. The Morgan fingerprint density at radius 2 is 1.88 bits per heavy atom. The highest BCUT2D eigenvalue weighted by Crippen LogP contribution is 2.25. The van der Waals surface area contributed by atoms with E-state index in [1.165, 1.54) is 6.07 Å². The van der Waals surface area contributed by atoms with Gasteiger partial charge in [-0.1, -0.05) is 37.0 Å². The summed E-state index contributed by atoms with van der Waals surface area (Å²) in [6, 6.07) is 2.86. The van der Waals surface area contributed by atoms with Crippen LogP contribution in [0.2, 0.25) is 10.0 Å². The van der Waals surface area contributed by atoms with Crippen molar-refractivity contribution in [2.24, 2.45) is 5.92 Å². The second-order valence-electron chi connectivity index (χ2n) is 6.56. The molecular formula is C16H21Cl2N3O4S. The fourth-order valence-electron chi connectivity index (χ4n) is 2.61. The number of nitrogens with one attached hydrogen (secondary N) is 3. The Labute approximate surface area is 162 Å². The number of rotatable bonds is 5. The van der Waals surface area contributed by atoms with Crippen LogP contribution in [0.5, 0.6) is 0 Å². The molecule has 7 nitrogen and oxygen atoms in total. The highest BCUT2D eigenvalue weighted by molar-refractivity contribution is 7.91. The summed E-state index contributed by atoms with van der Waals surface area (Å²) in [5.74, 6) is -0.616. The summed E-state index contributed by atoms with van der Waals surface area (Å²) in [5.41, 5.74) is 0.458. The van der Waals surface area contributed by atoms with Crippen LogP contribution < -0.4 is 16.0 Å². The van der Waals surface area contributed by atoms with Gasteiger partial charge in [0.1, 0.15) is 6.04 Å². The molecule has 10 heteroatoms. The van der Waals surface area contributed by atoms with Crippen LogP contribution in [-0.2, 0) is 14.6 Å². The van der Waals surface area contributed by atoms with E-state index in [0.29, 0.717) is 22.2 Å². The van der Waals surface area contributed by atoms with Crippen molar-refractivity contribution >= 4 is 50.7 Å². The minimum Gasteiger partial charge on any atom is -0.334 e. The number of hydrogen-bond acceptors (Lipinski definition) is 4. The minimum atomic E-state index is -3.10. The molecule has 0 saturated carbocycles. The van der Waals surface area contributed by atoms with Crippen molar-refractivity contribution < 1.29 is 18.0 Å². The van der Waals surface area contributed by atoms with Crippen molar-refractivity contribution in [2.45, 2.75) is 32.4 Å². The van der Waals surface area contributed by atoms with Gasteiger partial charge in [-0.25, -0.2) is 13.2 Å². The van der Waals surface area contributed by atoms with Crippen LogP contribution >= 0.6 is 23.2 Å². The summed E-state index contributed by atoms with van der Waals surface area (Å²) >= 11 is 11.8. The van der Waals surface area contributed by atoms with E-state index in [2.05, 4.69) is 16.0 Å². The Bertz CT molecular complexity index is 799. The molecule has 1 saturated heterocycles. The summed E-state index contributed by atoms with van der Waals surface area (Å²) in [6.45, 7) is 3.58. The number of anilines is 1. The minimum absolute atomic E-state index is 0.0589. The molecule has 0 aliphatic carbocycles. The maximum atomic E-state index is 12.5. The second-order valence-corrected chi connectivity index (χ2v) is 9.60. The number of hydrogen-bond donors (Lipinski definition) is 3. The molecule has 0 radical (unpaired) electrons. The molecule has 1 unspecified atom stereocenters. The van der Waals surface area contributed by atoms with E-state index in [0.717, 1.165) is 0 Å². The molecule has 2 rings (SSSR count). The predicted molar refractivity (Wildman–Crippen MR) is 102 cm³/mol. The average molecular weight is 422 g/mol. The maximum Gasteiger partial charge on any atom is 0.315 e. The Morgan fingerprint density at radius 1 is 1.19 bits per heavy atom. The van der Waals surface area contributed by atoms with Crippen LogP contribution in [-0.4, -0.2) is 43.9 Å². The molecule has 26 heavy (non-hydrogen) atoms. The van der Waals surface area contributed by atoms with E-state index >= 15 is 0 Å². The van der Waals surface area contributed by atoms with Gasteiger partial charge in [0.2, 0.25) is 5.91 Å². The van der Waals surface area contributed by atoms with Crippen LogP contribution in [0.15, 0.2) is 18.2 Å². The Hall–Kier alpha value is -1.51. The monoisotopic (exact) mass is 421 g/mol. The van der Waals surface area contributed by atoms with Gasteiger partial charge in [0.05, 0.1) is 21.6 Å². The summed E-state index contributed by atoms with van der Waals surface area (Å²) in [6.07, 6.45) is 0.373. The van der Waals surface area contributed by atoms with E-state index in [1.54, 1.807) is 26.0 Å². The first-order valence-electron chi connectivity index (χ1n) is 8.11. The number of carbonyl (C=O) groups is 2. The Kier molecular flexibility index (Phi) is 6.76. The number of urea groups is 1. The van der Waals surface area contributed by atoms with E-state index < -0.39 is 33.9 Å².